The van der Waals surface area contributed by atoms with Gasteiger partial charge in [-0.25, -0.2) is 0 Å². The van der Waals surface area contributed by atoms with Gasteiger partial charge < -0.3 is 4.74 Å². The van der Waals surface area contributed by atoms with Crippen molar-refractivity contribution in [3.63, 3.8) is 0 Å². The molecular weight excluding hydrogens is 244 g/mol. The third-order valence-electron chi connectivity index (χ3n) is 5.52. The van der Waals surface area contributed by atoms with Crippen LogP contribution < -0.4 is 0 Å². The normalized spacial score (nSPS) is 35.3. The first-order valence-electron chi connectivity index (χ1n) is 9.13. The zero-order valence-corrected chi connectivity index (χ0v) is 13.7. The maximum Gasteiger partial charge on any atom is 0.0981 e. The molecule has 116 valence electrons. The summed E-state index contributed by atoms with van der Waals surface area (Å²) in [6, 6.07) is 0. The lowest BCUT2D eigenvalue weighted by molar-refractivity contribution is 0.0511. The van der Waals surface area contributed by atoms with Crippen LogP contribution in [0, 0.1) is 17.8 Å². The smallest absolute Gasteiger partial charge is 0.0981 e. The van der Waals surface area contributed by atoms with Crippen LogP contribution >= 0.6 is 0 Å². The van der Waals surface area contributed by atoms with Crippen LogP contribution in [0.25, 0.3) is 0 Å². The summed E-state index contributed by atoms with van der Waals surface area (Å²) >= 11 is 0. The minimum atomic E-state index is 0.505. The second-order valence-corrected chi connectivity index (χ2v) is 7.03. The van der Waals surface area contributed by atoms with Gasteiger partial charge in [-0.15, -0.1) is 0 Å². The van der Waals surface area contributed by atoms with E-state index in [1.54, 1.807) is 0 Å². The Bertz CT molecular complexity index is 275. The highest BCUT2D eigenvalue weighted by Crippen LogP contribution is 2.41. The summed E-state index contributed by atoms with van der Waals surface area (Å²) in [5, 5.41) is 0. The van der Waals surface area contributed by atoms with Crippen molar-refractivity contribution in [2.75, 3.05) is 0 Å². The van der Waals surface area contributed by atoms with E-state index in [0.29, 0.717) is 6.10 Å². The molecule has 0 spiro atoms. The van der Waals surface area contributed by atoms with Crippen LogP contribution in [0.5, 0.6) is 0 Å². The van der Waals surface area contributed by atoms with Crippen molar-refractivity contribution in [2.45, 2.75) is 90.6 Å². The summed E-state index contributed by atoms with van der Waals surface area (Å²) in [7, 11) is 0. The van der Waals surface area contributed by atoms with E-state index in [1.807, 2.05) is 6.26 Å². The van der Waals surface area contributed by atoms with Gasteiger partial charge in [-0.05, 0) is 62.7 Å². The molecule has 0 saturated heterocycles. The molecule has 2 rings (SSSR count). The van der Waals surface area contributed by atoms with Gasteiger partial charge in [0.15, 0.2) is 0 Å². The highest BCUT2D eigenvalue weighted by atomic mass is 16.5. The lowest BCUT2D eigenvalue weighted by atomic mass is 9.70. The largest absolute Gasteiger partial charge is 0.498 e. The van der Waals surface area contributed by atoms with Gasteiger partial charge in [0.2, 0.25) is 0 Å². The summed E-state index contributed by atoms with van der Waals surface area (Å²) in [5.74, 6) is 3.00. The maximum absolute atomic E-state index is 5.92. The van der Waals surface area contributed by atoms with Crippen molar-refractivity contribution in [3.05, 3.63) is 12.3 Å². The Morgan fingerprint density at radius 3 is 2.45 bits per heavy atom. The van der Waals surface area contributed by atoms with Crippen molar-refractivity contribution in [1.29, 1.82) is 0 Å². The first-order chi connectivity index (χ1) is 9.83. The van der Waals surface area contributed by atoms with E-state index in [9.17, 15) is 0 Å². The van der Waals surface area contributed by atoms with Crippen LogP contribution in [0.3, 0.4) is 0 Å². The second kappa shape index (κ2) is 8.74. The highest BCUT2D eigenvalue weighted by Gasteiger charge is 2.31. The van der Waals surface area contributed by atoms with E-state index in [-0.39, 0.29) is 0 Å². The van der Waals surface area contributed by atoms with Crippen LogP contribution in [-0.4, -0.2) is 6.10 Å². The molecule has 2 aliphatic rings. The number of hydrogen-bond donors (Lipinski definition) is 0. The zero-order chi connectivity index (χ0) is 14.2. The molecule has 0 radical (unpaired) electrons. The fraction of sp³-hybridized carbons (Fsp3) is 0.895. The first kappa shape index (κ1) is 15.9. The van der Waals surface area contributed by atoms with E-state index >= 15 is 0 Å². The molecule has 2 atom stereocenters. The number of ether oxygens (including phenoxy) is 1. The first-order valence-corrected chi connectivity index (χ1v) is 9.13. The summed E-state index contributed by atoms with van der Waals surface area (Å²) < 4.78 is 5.92. The zero-order valence-electron chi connectivity index (χ0n) is 13.7. The second-order valence-electron chi connectivity index (χ2n) is 7.03. The Morgan fingerprint density at radius 1 is 0.950 bits per heavy atom. The van der Waals surface area contributed by atoms with Gasteiger partial charge in [0, 0.05) is 0 Å². The average molecular weight is 278 g/mol. The molecular formula is C19H34O. The minimum Gasteiger partial charge on any atom is -0.498 e. The van der Waals surface area contributed by atoms with Gasteiger partial charge in [0.25, 0.3) is 0 Å². The summed E-state index contributed by atoms with van der Waals surface area (Å²) in [6.07, 6.45) is 19.9. The fourth-order valence-electron chi connectivity index (χ4n) is 4.35. The van der Waals surface area contributed by atoms with Gasteiger partial charge in [-0.2, -0.15) is 0 Å². The highest BCUT2D eigenvalue weighted by molar-refractivity contribution is 4.84. The van der Waals surface area contributed by atoms with Gasteiger partial charge in [-0.3, -0.25) is 0 Å². The van der Waals surface area contributed by atoms with Crippen LogP contribution in [0.2, 0.25) is 0 Å². The summed E-state index contributed by atoms with van der Waals surface area (Å²) in [4.78, 5) is 0. The van der Waals surface area contributed by atoms with E-state index in [0.717, 1.165) is 24.2 Å². The SMILES string of the molecule is CC/C=C/OC1CCCC(C2CCC(CCC)CC2)C1. The molecule has 0 aromatic rings. The molecule has 0 bridgehead atoms. The Labute approximate surface area is 126 Å². The summed E-state index contributed by atoms with van der Waals surface area (Å²) in [5.41, 5.74) is 0. The molecule has 1 nitrogen and oxygen atoms in total. The minimum absolute atomic E-state index is 0.505. The predicted molar refractivity (Wildman–Crippen MR) is 86.6 cm³/mol. The van der Waals surface area contributed by atoms with Crippen molar-refractivity contribution >= 4 is 0 Å². The fourth-order valence-corrected chi connectivity index (χ4v) is 4.35. The van der Waals surface area contributed by atoms with Crippen LogP contribution in [0.1, 0.15) is 84.5 Å². The maximum atomic E-state index is 5.92. The molecule has 0 N–H and O–H groups in total. The van der Waals surface area contributed by atoms with Gasteiger partial charge >= 0.3 is 0 Å². The van der Waals surface area contributed by atoms with E-state index in [2.05, 4.69) is 19.9 Å². The van der Waals surface area contributed by atoms with E-state index in [4.69, 9.17) is 4.74 Å². The van der Waals surface area contributed by atoms with Crippen molar-refractivity contribution in [2.24, 2.45) is 17.8 Å². The van der Waals surface area contributed by atoms with Crippen molar-refractivity contribution in [3.8, 4) is 0 Å². The van der Waals surface area contributed by atoms with E-state index < -0.39 is 0 Å². The molecule has 0 aromatic heterocycles. The molecule has 2 fully saturated rings. The van der Waals surface area contributed by atoms with Crippen molar-refractivity contribution in [1.82, 2.24) is 0 Å². The number of allylic oxidation sites excluding steroid dienone is 1. The van der Waals surface area contributed by atoms with Crippen molar-refractivity contribution < 1.29 is 4.74 Å². The topological polar surface area (TPSA) is 9.23 Å². The molecule has 0 amide bonds. The standard InChI is InChI=1S/C19H34O/c1-3-5-14-20-19-9-6-8-18(15-19)17-12-10-16(7-4-2)11-13-17/h5,14,16-19H,3-4,6-13,15H2,1-2H3/b14-5+. The molecule has 1 heteroatoms. The molecule has 0 aromatic carbocycles. The lowest BCUT2D eigenvalue weighted by Crippen LogP contribution is -2.29. The number of rotatable bonds is 6. The Balaban J connectivity index is 1.74. The van der Waals surface area contributed by atoms with Gasteiger partial charge in [0.1, 0.15) is 0 Å². The molecule has 0 aliphatic heterocycles. The Kier molecular flexibility index (Phi) is 6.96. The average Bonchev–Trinajstić information content (AvgIpc) is 2.49. The predicted octanol–water partition coefficient (Wildman–Crippen LogP) is 6.09. The quantitative estimate of drug-likeness (QED) is 0.534. The third-order valence-corrected chi connectivity index (χ3v) is 5.52. The molecule has 2 saturated carbocycles. The van der Waals surface area contributed by atoms with Gasteiger partial charge in [0.05, 0.1) is 12.4 Å². The monoisotopic (exact) mass is 278 g/mol. The lowest BCUT2D eigenvalue weighted by Gasteiger charge is -2.38. The molecule has 0 heterocycles. The third kappa shape index (κ3) is 4.82. The molecule has 20 heavy (non-hydrogen) atoms. The van der Waals surface area contributed by atoms with Crippen LogP contribution in [0.15, 0.2) is 12.3 Å². The number of hydrogen-bond acceptors (Lipinski definition) is 1. The van der Waals surface area contributed by atoms with Gasteiger partial charge in [-0.1, -0.05) is 45.6 Å². The Morgan fingerprint density at radius 2 is 1.75 bits per heavy atom. The molecule has 2 aliphatic carbocycles. The van der Waals surface area contributed by atoms with E-state index in [1.165, 1.54) is 64.2 Å². The van der Waals surface area contributed by atoms with Crippen LogP contribution in [0.4, 0.5) is 0 Å². The summed E-state index contributed by atoms with van der Waals surface area (Å²) in [6.45, 7) is 4.50. The van der Waals surface area contributed by atoms with Crippen LogP contribution in [-0.2, 0) is 4.74 Å². The molecule has 2 unspecified atom stereocenters. The Hall–Kier alpha value is -0.460.